The van der Waals surface area contributed by atoms with Crippen LogP contribution in [0.15, 0.2) is 61.1 Å². The van der Waals surface area contributed by atoms with Crippen molar-refractivity contribution in [3.8, 4) is 11.8 Å². The molecule has 1 aromatic heterocycles. The summed E-state index contributed by atoms with van der Waals surface area (Å²) in [6.45, 7) is 0.458. The average Bonchev–Trinajstić information content (AvgIpc) is 3.16. The number of benzene rings is 2. The van der Waals surface area contributed by atoms with E-state index in [0.717, 1.165) is 24.8 Å². The Morgan fingerprint density at radius 2 is 2.08 bits per heavy atom. The van der Waals surface area contributed by atoms with Crippen LogP contribution in [0.1, 0.15) is 41.3 Å². The number of aromatic nitrogens is 2. The van der Waals surface area contributed by atoms with E-state index < -0.39 is 0 Å². The molecule has 4 nitrogen and oxygen atoms in total. The highest BCUT2D eigenvalue weighted by Crippen LogP contribution is 2.33. The molecule has 0 saturated carbocycles. The molecule has 2 heterocycles. The van der Waals surface area contributed by atoms with E-state index in [-0.39, 0.29) is 6.04 Å². The Kier molecular flexibility index (Phi) is 4.22. The van der Waals surface area contributed by atoms with Gasteiger partial charge < -0.3 is 9.30 Å². The summed E-state index contributed by atoms with van der Waals surface area (Å²) < 4.78 is 8.21. The SMILES string of the molecule is N#Cc1ccc(C2CCCc3cncn32)cc1OCc1ccccc1. The first-order valence-corrected chi connectivity index (χ1v) is 8.56. The summed E-state index contributed by atoms with van der Waals surface area (Å²) in [7, 11) is 0. The Bertz CT molecular complexity index is 908. The molecule has 3 aromatic rings. The van der Waals surface area contributed by atoms with Crippen molar-refractivity contribution in [2.45, 2.75) is 31.9 Å². The third-order valence-electron chi connectivity index (χ3n) is 4.74. The van der Waals surface area contributed by atoms with Crippen LogP contribution in [0.2, 0.25) is 0 Å². The number of imidazole rings is 1. The molecule has 1 unspecified atom stereocenters. The van der Waals surface area contributed by atoms with Gasteiger partial charge in [0.15, 0.2) is 0 Å². The van der Waals surface area contributed by atoms with Gasteiger partial charge in [0.05, 0.1) is 17.9 Å². The lowest BCUT2D eigenvalue weighted by molar-refractivity contribution is 0.304. The highest BCUT2D eigenvalue weighted by molar-refractivity contribution is 5.46. The fourth-order valence-electron chi connectivity index (χ4n) is 3.44. The smallest absolute Gasteiger partial charge is 0.137 e. The molecule has 1 aliphatic heterocycles. The van der Waals surface area contributed by atoms with Crippen LogP contribution in [0.25, 0.3) is 0 Å². The first-order chi connectivity index (χ1) is 12.3. The van der Waals surface area contributed by atoms with Gasteiger partial charge in [0.1, 0.15) is 18.4 Å². The van der Waals surface area contributed by atoms with E-state index in [4.69, 9.17) is 4.74 Å². The number of rotatable bonds is 4. The summed E-state index contributed by atoms with van der Waals surface area (Å²) in [5.41, 5.74) is 4.10. The van der Waals surface area contributed by atoms with Gasteiger partial charge in [-0.3, -0.25) is 0 Å². The van der Waals surface area contributed by atoms with Gasteiger partial charge in [0.25, 0.3) is 0 Å². The number of fused-ring (bicyclic) bond motifs is 1. The molecule has 2 aromatic carbocycles. The van der Waals surface area contributed by atoms with Gasteiger partial charge in [-0.25, -0.2) is 4.98 Å². The molecule has 0 N–H and O–H groups in total. The van der Waals surface area contributed by atoms with Crippen LogP contribution >= 0.6 is 0 Å². The largest absolute Gasteiger partial charge is 0.488 e. The van der Waals surface area contributed by atoms with E-state index in [1.165, 1.54) is 11.3 Å². The van der Waals surface area contributed by atoms with Crippen molar-refractivity contribution in [2.75, 3.05) is 0 Å². The fraction of sp³-hybridized carbons (Fsp3) is 0.238. The van der Waals surface area contributed by atoms with Crippen LogP contribution in [-0.4, -0.2) is 9.55 Å². The van der Waals surface area contributed by atoms with E-state index in [2.05, 4.69) is 15.6 Å². The maximum Gasteiger partial charge on any atom is 0.137 e. The highest BCUT2D eigenvalue weighted by atomic mass is 16.5. The number of ether oxygens (including phenoxy) is 1. The zero-order valence-electron chi connectivity index (χ0n) is 13.9. The van der Waals surface area contributed by atoms with Crippen LogP contribution in [0.5, 0.6) is 5.75 Å². The van der Waals surface area contributed by atoms with E-state index in [9.17, 15) is 5.26 Å². The van der Waals surface area contributed by atoms with Crippen LogP contribution in [0.4, 0.5) is 0 Å². The minimum atomic E-state index is 0.262. The highest BCUT2D eigenvalue weighted by Gasteiger charge is 2.22. The van der Waals surface area contributed by atoms with Crippen molar-refractivity contribution in [3.05, 3.63) is 83.4 Å². The Labute approximate surface area is 147 Å². The third-order valence-corrected chi connectivity index (χ3v) is 4.74. The summed E-state index contributed by atoms with van der Waals surface area (Å²) in [5.74, 6) is 0.649. The van der Waals surface area contributed by atoms with Crippen LogP contribution < -0.4 is 4.74 Å². The van der Waals surface area contributed by atoms with Gasteiger partial charge in [0, 0.05) is 11.9 Å². The van der Waals surface area contributed by atoms with Crippen molar-refractivity contribution in [2.24, 2.45) is 0 Å². The normalized spacial score (nSPS) is 16.0. The molecule has 0 fully saturated rings. The molecule has 0 radical (unpaired) electrons. The molecule has 4 heteroatoms. The Hall–Kier alpha value is -3.06. The standard InChI is InChI=1S/C21H19N3O/c22-12-18-10-9-17(20-8-4-7-19-13-23-15-24(19)20)11-21(18)25-14-16-5-2-1-3-6-16/h1-3,5-6,9-11,13,15,20H,4,7-8,14H2. The molecule has 0 spiro atoms. The van der Waals surface area contributed by atoms with Crippen LogP contribution in [0, 0.1) is 11.3 Å². The van der Waals surface area contributed by atoms with Crippen molar-refractivity contribution < 1.29 is 4.74 Å². The summed E-state index contributed by atoms with van der Waals surface area (Å²) in [6, 6.07) is 18.4. The lowest BCUT2D eigenvalue weighted by Crippen LogP contribution is -2.17. The lowest BCUT2D eigenvalue weighted by Gasteiger charge is -2.26. The fourth-order valence-corrected chi connectivity index (χ4v) is 3.44. The summed E-state index contributed by atoms with van der Waals surface area (Å²) in [6.07, 6.45) is 7.15. The van der Waals surface area contributed by atoms with Crippen molar-refractivity contribution in [1.29, 1.82) is 5.26 Å². The van der Waals surface area contributed by atoms with Gasteiger partial charge in [-0.2, -0.15) is 5.26 Å². The topological polar surface area (TPSA) is 50.8 Å². The Morgan fingerprint density at radius 3 is 2.92 bits per heavy atom. The molecule has 0 amide bonds. The number of hydrogen-bond donors (Lipinski definition) is 0. The maximum atomic E-state index is 9.40. The van der Waals surface area contributed by atoms with Crippen molar-refractivity contribution in [3.63, 3.8) is 0 Å². The van der Waals surface area contributed by atoms with Gasteiger partial charge in [-0.05, 0) is 42.5 Å². The summed E-state index contributed by atoms with van der Waals surface area (Å²) in [4.78, 5) is 4.29. The summed E-state index contributed by atoms with van der Waals surface area (Å²) in [5, 5.41) is 9.40. The van der Waals surface area contributed by atoms with Crippen LogP contribution in [0.3, 0.4) is 0 Å². The minimum absolute atomic E-state index is 0.262. The average molecular weight is 329 g/mol. The molecular formula is C21H19N3O. The Balaban J connectivity index is 1.62. The zero-order chi connectivity index (χ0) is 17.1. The number of aryl methyl sites for hydroxylation is 1. The van der Waals surface area contributed by atoms with E-state index in [1.54, 1.807) is 0 Å². The monoisotopic (exact) mass is 329 g/mol. The summed E-state index contributed by atoms with van der Waals surface area (Å²) >= 11 is 0. The molecule has 1 aliphatic rings. The van der Waals surface area contributed by atoms with Gasteiger partial charge in [0.2, 0.25) is 0 Å². The van der Waals surface area contributed by atoms with E-state index >= 15 is 0 Å². The molecule has 0 aliphatic carbocycles. The minimum Gasteiger partial charge on any atom is -0.488 e. The second-order valence-electron chi connectivity index (χ2n) is 6.34. The predicted octanol–water partition coefficient (Wildman–Crippen LogP) is 4.26. The van der Waals surface area contributed by atoms with Gasteiger partial charge >= 0.3 is 0 Å². The molecule has 0 saturated heterocycles. The first kappa shape index (κ1) is 15.5. The van der Waals surface area contributed by atoms with Gasteiger partial charge in [-0.15, -0.1) is 0 Å². The van der Waals surface area contributed by atoms with Crippen molar-refractivity contribution in [1.82, 2.24) is 9.55 Å². The number of nitriles is 1. The molecule has 0 bridgehead atoms. The zero-order valence-corrected chi connectivity index (χ0v) is 13.9. The van der Waals surface area contributed by atoms with Crippen LogP contribution in [-0.2, 0) is 13.0 Å². The number of hydrogen-bond acceptors (Lipinski definition) is 3. The molecule has 25 heavy (non-hydrogen) atoms. The molecule has 4 rings (SSSR count). The van der Waals surface area contributed by atoms with E-state index in [0.29, 0.717) is 17.9 Å². The molecule has 124 valence electrons. The van der Waals surface area contributed by atoms with Crippen molar-refractivity contribution >= 4 is 0 Å². The quantitative estimate of drug-likeness (QED) is 0.718. The maximum absolute atomic E-state index is 9.40. The van der Waals surface area contributed by atoms with E-state index in [1.807, 2.05) is 61.1 Å². The first-order valence-electron chi connectivity index (χ1n) is 8.56. The molecular weight excluding hydrogens is 310 g/mol. The van der Waals surface area contributed by atoms with Gasteiger partial charge in [-0.1, -0.05) is 36.4 Å². The predicted molar refractivity (Wildman–Crippen MR) is 95.2 cm³/mol. The second-order valence-corrected chi connectivity index (χ2v) is 6.34. The lowest BCUT2D eigenvalue weighted by atomic mass is 9.95. The third kappa shape index (κ3) is 3.14. The Morgan fingerprint density at radius 1 is 1.20 bits per heavy atom. The molecule has 1 atom stereocenters. The second kappa shape index (κ2) is 6.82. The number of nitrogens with zero attached hydrogens (tertiary/aromatic N) is 3.